The number of aryl methyl sites for hydroxylation is 2. The molecule has 0 saturated carbocycles. The van der Waals surface area contributed by atoms with E-state index in [9.17, 15) is 4.79 Å². The second kappa shape index (κ2) is 8.66. The summed E-state index contributed by atoms with van der Waals surface area (Å²) in [4.78, 5) is 19.8. The monoisotopic (exact) mass is 382 g/mol. The minimum absolute atomic E-state index is 0.349. The van der Waals surface area contributed by atoms with E-state index in [1.54, 1.807) is 18.5 Å². The van der Waals surface area contributed by atoms with E-state index in [0.29, 0.717) is 11.5 Å². The Balaban J connectivity index is 1.72. The van der Waals surface area contributed by atoms with Gasteiger partial charge < -0.3 is 9.84 Å². The smallest absolute Gasteiger partial charge is 0.331 e. The van der Waals surface area contributed by atoms with Gasteiger partial charge in [-0.1, -0.05) is 12.1 Å². The Labute approximate surface area is 161 Å². The van der Waals surface area contributed by atoms with Crippen LogP contribution in [0.2, 0.25) is 0 Å². The third-order valence-corrected chi connectivity index (χ3v) is 4.45. The number of aliphatic carboxylic acids is 1. The van der Waals surface area contributed by atoms with E-state index in [-0.39, 0.29) is 6.61 Å². The van der Waals surface area contributed by atoms with E-state index < -0.39 is 5.97 Å². The topological polar surface area (TPSA) is 81.5 Å². The van der Waals surface area contributed by atoms with E-state index in [1.807, 2.05) is 50.2 Å². The van der Waals surface area contributed by atoms with Gasteiger partial charge >= 0.3 is 5.97 Å². The van der Waals surface area contributed by atoms with Gasteiger partial charge in [0.15, 0.2) is 6.61 Å². The fourth-order valence-electron chi connectivity index (χ4n) is 2.57. The number of nitrogens with zero attached hydrogens (tertiary/aromatic N) is 2. The van der Waals surface area contributed by atoms with Crippen LogP contribution in [0, 0.1) is 13.8 Å². The number of benzene rings is 2. The first-order valence-corrected chi connectivity index (χ1v) is 8.95. The maximum atomic E-state index is 10.5. The molecule has 0 bridgehead atoms. The molecule has 0 amide bonds. The zero-order valence-corrected chi connectivity index (χ0v) is 15.7. The van der Waals surface area contributed by atoms with Gasteiger partial charge in [0.1, 0.15) is 17.8 Å². The molecular formula is C20H18N2O4S. The number of hydrogen-bond donors (Lipinski definition) is 1. The van der Waals surface area contributed by atoms with Gasteiger partial charge in [-0.25, -0.2) is 14.8 Å². The predicted octanol–water partition coefficient (Wildman–Crippen LogP) is 4.66. The van der Waals surface area contributed by atoms with Crippen LogP contribution >= 0.6 is 12.0 Å². The van der Waals surface area contributed by atoms with Crippen molar-refractivity contribution in [3.8, 4) is 22.6 Å². The molecule has 3 rings (SSSR count). The van der Waals surface area contributed by atoms with Crippen molar-refractivity contribution in [3.63, 3.8) is 0 Å². The van der Waals surface area contributed by atoms with Crippen LogP contribution in [0.1, 0.15) is 11.4 Å². The lowest BCUT2D eigenvalue weighted by molar-refractivity contribution is -0.138. The van der Waals surface area contributed by atoms with Crippen molar-refractivity contribution < 1.29 is 18.8 Å². The SMILES string of the molecule is Cc1ncnc(C)c1-c1cccc(Oc2ccc(SOCC(=O)O)cc2)c1. The van der Waals surface area contributed by atoms with Gasteiger partial charge in [-0.15, -0.1) is 0 Å². The molecule has 1 aromatic heterocycles. The Morgan fingerprint density at radius 1 is 1.04 bits per heavy atom. The highest BCUT2D eigenvalue weighted by molar-refractivity contribution is 7.94. The molecule has 0 radical (unpaired) electrons. The van der Waals surface area contributed by atoms with E-state index in [0.717, 1.165) is 39.5 Å². The minimum Gasteiger partial charge on any atom is -0.479 e. The molecule has 7 heteroatoms. The number of aromatic nitrogens is 2. The molecule has 0 fully saturated rings. The highest BCUT2D eigenvalue weighted by Crippen LogP contribution is 2.30. The largest absolute Gasteiger partial charge is 0.479 e. The van der Waals surface area contributed by atoms with Crippen LogP contribution in [0.3, 0.4) is 0 Å². The third kappa shape index (κ3) is 5.06. The minimum atomic E-state index is -1.00. The summed E-state index contributed by atoms with van der Waals surface area (Å²) < 4.78 is 10.9. The lowest BCUT2D eigenvalue weighted by Gasteiger charge is -2.11. The van der Waals surface area contributed by atoms with E-state index >= 15 is 0 Å². The number of carboxylic acids is 1. The second-order valence-electron chi connectivity index (χ2n) is 5.76. The standard InChI is InChI=1S/C20H18N2O4S/c1-13-20(14(2)22-12-21-13)15-4-3-5-17(10-15)26-16-6-8-18(9-7-16)27-25-11-19(23)24/h3-10,12H,11H2,1-2H3,(H,23,24). The average molecular weight is 382 g/mol. The van der Waals surface area contributed by atoms with Gasteiger partial charge in [0.25, 0.3) is 0 Å². The maximum Gasteiger partial charge on any atom is 0.331 e. The summed E-state index contributed by atoms with van der Waals surface area (Å²) in [6, 6.07) is 15.0. The summed E-state index contributed by atoms with van der Waals surface area (Å²) in [6.45, 7) is 3.57. The zero-order chi connectivity index (χ0) is 19.2. The number of ether oxygens (including phenoxy) is 1. The molecule has 1 heterocycles. The Morgan fingerprint density at radius 3 is 2.41 bits per heavy atom. The normalized spacial score (nSPS) is 10.6. The highest BCUT2D eigenvalue weighted by atomic mass is 32.2. The maximum absolute atomic E-state index is 10.5. The van der Waals surface area contributed by atoms with Crippen molar-refractivity contribution in [1.29, 1.82) is 0 Å². The molecule has 27 heavy (non-hydrogen) atoms. The molecule has 0 aliphatic rings. The van der Waals surface area contributed by atoms with Crippen LogP contribution in [-0.2, 0) is 8.98 Å². The van der Waals surface area contributed by atoms with Crippen LogP contribution in [0.25, 0.3) is 11.1 Å². The van der Waals surface area contributed by atoms with Gasteiger partial charge in [-0.2, -0.15) is 0 Å². The Hall–Kier alpha value is -2.90. The van der Waals surface area contributed by atoms with Crippen LogP contribution < -0.4 is 4.74 Å². The lowest BCUT2D eigenvalue weighted by atomic mass is 10.0. The first-order chi connectivity index (χ1) is 13.0. The molecule has 2 aromatic carbocycles. The molecule has 0 saturated heterocycles. The predicted molar refractivity (Wildman–Crippen MR) is 103 cm³/mol. The number of carbonyl (C=O) groups is 1. The molecular weight excluding hydrogens is 364 g/mol. The fourth-order valence-corrected chi connectivity index (χ4v) is 3.12. The zero-order valence-electron chi connectivity index (χ0n) is 14.9. The first kappa shape index (κ1) is 18.9. The van der Waals surface area contributed by atoms with Crippen LogP contribution in [0.4, 0.5) is 0 Å². The summed E-state index contributed by atoms with van der Waals surface area (Å²) in [5, 5.41) is 8.57. The molecule has 3 aromatic rings. The quantitative estimate of drug-likeness (QED) is 0.595. The molecule has 0 aliphatic heterocycles. The van der Waals surface area contributed by atoms with Gasteiger partial charge in [-0.3, -0.25) is 4.18 Å². The van der Waals surface area contributed by atoms with E-state index in [1.165, 1.54) is 0 Å². The van der Waals surface area contributed by atoms with Crippen LogP contribution in [0.15, 0.2) is 59.8 Å². The van der Waals surface area contributed by atoms with E-state index in [4.69, 9.17) is 14.0 Å². The van der Waals surface area contributed by atoms with Crippen molar-refractivity contribution in [2.45, 2.75) is 18.7 Å². The summed E-state index contributed by atoms with van der Waals surface area (Å²) in [5.41, 5.74) is 3.84. The molecule has 0 atom stereocenters. The fraction of sp³-hybridized carbons (Fsp3) is 0.150. The molecule has 0 aliphatic carbocycles. The summed E-state index contributed by atoms with van der Waals surface area (Å²) >= 11 is 1.02. The van der Waals surface area contributed by atoms with Gasteiger partial charge in [0.2, 0.25) is 0 Å². The second-order valence-corrected chi connectivity index (χ2v) is 6.63. The van der Waals surface area contributed by atoms with Crippen LogP contribution in [-0.4, -0.2) is 27.7 Å². The number of carboxylic acid groups (broad SMARTS) is 1. The van der Waals surface area contributed by atoms with Gasteiger partial charge in [-0.05, 0) is 55.8 Å². The van der Waals surface area contributed by atoms with Crippen molar-refractivity contribution in [3.05, 3.63) is 66.2 Å². The van der Waals surface area contributed by atoms with Crippen molar-refractivity contribution in [2.75, 3.05) is 6.61 Å². The molecule has 138 valence electrons. The Kier molecular flexibility index (Phi) is 6.05. The van der Waals surface area contributed by atoms with Gasteiger partial charge in [0.05, 0.1) is 0 Å². The Bertz CT molecular complexity index is 925. The van der Waals surface area contributed by atoms with Crippen molar-refractivity contribution >= 4 is 18.0 Å². The highest BCUT2D eigenvalue weighted by Gasteiger charge is 2.09. The average Bonchev–Trinajstić information content (AvgIpc) is 2.63. The first-order valence-electron chi connectivity index (χ1n) is 8.21. The van der Waals surface area contributed by atoms with Crippen LogP contribution in [0.5, 0.6) is 11.5 Å². The third-order valence-electron chi connectivity index (χ3n) is 3.75. The molecule has 1 N–H and O–H groups in total. The summed E-state index contributed by atoms with van der Waals surface area (Å²) in [5.74, 6) is 0.377. The lowest BCUT2D eigenvalue weighted by Crippen LogP contribution is -2.02. The summed E-state index contributed by atoms with van der Waals surface area (Å²) in [7, 11) is 0. The summed E-state index contributed by atoms with van der Waals surface area (Å²) in [6.07, 6.45) is 1.56. The molecule has 0 spiro atoms. The van der Waals surface area contributed by atoms with Gasteiger partial charge in [0, 0.05) is 33.9 Å². The molecule has 0 unspecified atom stereocenters. The molecule has 6 nitrogen and oxygen atoms in total. The number of hydrogen-bond acceptors (Lipinski definition) is 6. The van der Waals surface area contributed by atoms with Crippen molar-refractivity contribution in [2.24, 2.45) is 0 Å². The Morgan fingerprint density at radius 2 is 1.74 bits per heavy atom. The number of rotatable bonds is 7. The van der Waals surface area contributed by atoms with E-state index in [2.05, 4.69) is 9.97 Å². The van der Waals surface area contributed by atoms with Crippen molar-refractivity contribution in [1.82, 2.24) is 9.97 Å².